The van der Waals surface area contributed by atoms with E-state index in [1.54, 1.807) is 11.8 Å². The van der Waals surface area contributed by atoms with Crippen LogP contribution >= 0.6 is 11.8 Å². The zero-order valence-electron chi connectivity index (χ0n) is 5.61. The summed E-state index contributed by atoms with van der Waals surface area (Å²) in [4.78, 5) is 0. The van der Waals surface area contributed by atoms with Gasteiger partial charge in [-0.05, 0) is 19.1 Å². The van der Waals surface area contributed by atoms with E-state index in [0.717, 1.165) is 5.75 Å². The third kappa shape index (κ3) is 6.31. The van der Waals surface area contributed by atoms with E-state index in [1.807, 2.05) is 6.92 Å². The van der Waals surface area contributed by atoms with Crippen molar-refractivity contribution in [3.8, 4) is 0 Å². The van der Waals surface area contributed by atoms with E-state index in [-0.39, 0.29) is 5.37 Å². The van der Waals surface area contributed by atoms with Crippen LogP contribution in [0, 0.1) is 0 Å². The van der Waals surface area contributed by atoms with Gasteiger partial charge in [-0.3, -0.25) is 0 Å². The quantitative estimate of drug-likeness (QED) is 0.538. The molecule has 0 aromatic carbocycles. The van der Waals surface area contributed by atoms with Crippen LogP contribution in [-0.2, 0) is 0 Å². The van der Waals surface area contributed by atoms with Gasteiger partial charge in [0.05, 0.1) is 5.37 Å². The molecule has 0 aliphatic carbocycles. The van der Waals surface area contributed by atoms with Crippen LogP contribution in [0.5, 0.6) is 0 Å². The fraction of sp³-hybridized carbons (Fsp3) is 1.00. The predicted octanol–water partition coefficient (Wildman–Crippen LogP) is 2.15. The molecule has 1 atom stereocenters. The maximum Gasteiger partial charge on any atom is 0.0638 e. The first kappa shape index (κ1) is 8.31. The molecular weight excluding hydrogens is 118 g/mol. The van der Waals surface area contributed by atoms with Gasteiger partial charge >= 0.3 is 0 Å². The van der Waals surface area contributed by atoms with Gasteiger partial charge in [-0.25, -0.2) is 5.73 Å². The summed E-state index contributed by atoms with van der Waals surface area (Å²) in [5.41, 5.74) is 7.12. The van der Waals surface area contributed by atoms with Crippen molar-refractivity contribution in [2.24, 2.45) is 0 Å². The second-order valence-electron chi connectivity index (χ2n) is 1.87. The molecule has 0 bridgehead atoms. The van der Waals surface area contributed by atoms with Gasteiger partial charge in [0.25, 0.3) is 0 Å². The molecule has 0 amide bonds. The average Bonchev–Trinajstić information content (AvgIpc) is 1.66. The van der Waals surface area contributed by atoms with Crippen molar-refractivity contribution in [3.05, 3.63) is 0 Å². The number of nitrogens with one attached hydrogen (secondary N) is 1. The molecule has 1 nitrogen and oxygen atoms in total. The summed E-state index contributed by atoms with van der Waals surface area (Å²) < 4.78 is 0. The minimum Gasteiger partial charge on any atom is -0.244 e. The molecule has 1 unspecified atom stereocenters. The van der Waals surface area contributed by atoms with Crippen molar-refractivity contribution in [3.63, 3.8) is 0 Å². The molecule has 0 saturated carbocycles. The molecule has 2 heteroatoms. The maximum absolute atomic E-state index is 7.12. The SMILES string of the molecule is CCCCSC(C)[NH]. The van der Waals surface area contributed by atoms with Crippen molar-refractivity contribution in [2.45, 2.75) is 32.1 Å². The largest absolute Gasteiger partial charge is 0.244 e. The number of rotatable bonds is 4. The number of thioether (sulfide) groups is 1. The van der Waals surface area contributed by atoms with Crippen LogP contribution < -0.4 is 5.73 Å². The number of unbranched alkanes of at least 4 members (excludes halogenated alkanes) is 1. The van der Waals surface area contributed by atoms with Crippen LogP contribution in [0.1, 0.15) is 26.7 Å². The molecule has 0 spiro atoms. The van der Waals surface area contributed by atoms with Crippen molar-refractivity contribution in [2.75, 3.05) is 5.75 Å². The van der Waals surface area contributed by atoms with Crippen molar-refractivity contribution in [1.29, 1.82) is 0 Å². The highest BCUT2D eigenvalue weighted by atomic mass is 32.2. The Labute approximate surface area is 56.0 Å². The second kappa shape index (κ2) is 5.45. The molecule has 0 saturated heterocycles. The average molecular weight is 132 g/mol. The van der Waals surface area contributed by atoms with E-state index in [2.05, 4.69) is 6.92 Å². The van der Waals surface area contributed by atoms with Crippen molar-refractivity contribution >= 4 is 11.8 Å². The summed E-state index contributed by atoms with van der Waals surface area (Å²) in [5, 5.41) is 0.0709. The fourth-order valence-corrected chi connectivity index (χ4v) is 1.21. The van der Waals surface area contributed by atoms with E-state index in [0.29, 0.717) is 0 Å². The molecule has 49 valence electrons. The van der Waals surface area contributed by atoms with E-state index in [4.69, 9.17) is 5.73 Å². The van der Waals surface area contributed by atoms with E-state index in [1.165, 1.54) is 12.8 Å². The van der Waals surface area contributed by atoms with Gasteiger partial charge in [-0.2, -0.15) is 0 Å². The van der Waals surface area contributed by atoms with Crippen LogP contribution in [0.2, 0.25) is 0 Å². The lowest BCUT2D eigenvalue weighted by atomic mass is 10.4. The molecule has 0 aromatic heterocycles. The molecule has 0 rings (SSSR count). The van der Waals surface area contributed by atoms with Crippen LogP contribution in [0.3, 0.4) is 0 Å². The third-order valence-corrected chi connectivity index (χ3v) is 1.89. The van der Waals surface area contributed by atoms with Crippen LogP contribution in [0.25, 0.3) is 0 Å². The van der Waals surface area contributed by atoms with E-state index in [9.17, 15) is 0 Å². The molecule has 0 heterocycles. The van der Waals surface area contributed by atoms with Crippen LogP contribution in [0.15, 0.2) is 0 Å². The summed E-state index contributed by atoms with van der Waals surface area (Å²) in [6.07, 6.45) is 2.51. The smallest absolute Gasteiger partial charge is 0.0638 e. The van der Waals surface area contributed by atoms with Gasteiger partial charge in [-0.15, -0.1) is 11.8 Å². The molecule has 1 radical (unpaired) electrons. The first-order valence-electron chi connectivity index (χ1n) is 3.10. The summed E-state index contributed by atoms with van der Waals surface area (Å²) in [6, 6.07) is 0. The van der Waals surface area contributed by atoms with E-state index < -0.39 is 0 Å². The molecule has 0 aliphatic rings. The molecule has 1 N–H and O–H groups in total. The Morgan fingerprint density at radius 3 is 2.62 bits per heavy atom. The van der Waals surface area contributed by atoms with Crippen LogP contribution in [0.4, 0.5) is 0 Å². The zero-order valence-corrected chi connectivity index (χ0v) is 6.42. The Balaban J connectivity index is 2.72. The Bertz CT molecular complexity index is 45.8. The van der Waals surface area contributed by atoms with Gasteiger partial charge in [0.15, 0.2) is 0 Å². The number of hydrogen-bond acceptors (Lipinski definition) is 1. The van der Waals surface area contributed by atoms with Crippen molar-refractivity contribution < 1.29 is 0 Å². The summed E-state index contributed by atoms with van der Waals surface area (Å²) >= 11 is 1.72. The highest BCUT2D eigenvalue weighted by molar-refractivity contribution is 7.99. The lowest BCUT2D eigenvalue weighted by molar-refractivity contribution is 0.888. The summed E-state index contributed by atoms with van der Waals surface area (Å²) in [7, 11) is 0. The molecule has 8 heavy (non-hydrogen) atoms. The van der Waals surface area contributed by atoms with Gasteiger partial charge < -0.3 is 0 Å². The Morgan fingerprint density at radius 2 is 2.25 bits per heavy atom. The first-order chi connectivity index (χ1) is 3.77. The zero-order chi connectivity index (χ0) is 6.41. The number of hydrogen-bond donors (Lipinski definition) is 0. The summed E-state index contributed by atoms with van der Waals surface area (Å²) in [6.45, 7) is 4.09. The minimum atomic E-state index is 0.0709. The van der Waals surface area contributed by atoms with Crippen molar-refractivity contribution in [1.82, 2.24) is 5.73 Å². The first-order valence-corrected chi connectivity index (χ1v) is 4.15. The fourth-order valence-electron chi connectivity index (χ4n) is 0.404. The van der Waals surface area contributed by atoms with Crippen LogP contribution in [-0.4, -0.2) is 11.1 Å². The highest BCUT2D eigenvalue weighted by Gasteiger charge is 1.91. The Hall–Kier alpha value is 0.310. The summed E-state index contributed by atoms with van der Waals surface area (Å²) in [5.74, 6) is 1.15. The Kier molecular flexibility index (Phi) is 5.66. The minimum absolute atomic E-state index is 0.0709. The highest BCUT2D eigenvalue weighted by Crippen LogP contribution is 2.07. The molecule has 0 fully saturated rings. The third-order valence-electron chi connectivity index (χ3n) is 0.866. The topological polar surface area (TPSA) is 23.8 Å². The predicted molar refractivity (Wildman–Crippen MR) is 39.9 cm³/mol. The molecule has 0 aromatic rings. The Morgan fingerprint density at radius 1 is 1.62 bits per heavy atom. The van der Waals surface area contributed by atoms with Gasteiger partial charge in [0.1, 0.15) is 0 Å². The standard InChI is InChI=1S/C6H14NS/c1-3-4-5-8-6(2)7/h6-7H,3-5H2,1-2H3. The van der Waals surface area contributed by atoms with Gasteiger partial charge in [0.2, 0.25) is 0 Å². The monoisotopic (exact) mass is 132 g/mol. The molecular formula is C6H14NS. The van der Waals surface area contributed by atoms with Gasteiger partial charge in [0, 0.05) is 0 Å². The van der Waals surface area contributed by atoms with E-state index >= 15 is 0 Å². The second-order valence-corrected chi connectivity index (χ2v) is 3.32. The van der Waals surface area contributed by atoms with Gasteiger partial charge in [-0.1, -0.05) is 13.3 Å². The lowest BCUT2D eigenvalue weighted by Crippen LogP contribution is -1.95. The lowest BCUT2D eigenvalue weighted by Gasteiger charge is -2.00. The maximum atomic E-state index is 7.12. The normalized spacial score (nSPS) is 13.9. The molecule has 0 aliphatic heterocycles.